The molecule has 0 bridgehead atoms. The number of nitrogens with zero attached hydrogens (tertiary/aromatic N) is 2. The van der Waals surface area contributed by atoms with Crippen LogP contribution in [0.4, 0.5) is 5.69 Å². The van der Waals surface area contributed by atoms with Crippen molar-refractivity contribution in [1.29, 1.82) is 0 Å². The number of aliphatic imine (C=N–C) groups is 1. The molecule has 3 N–H and O–H groups in total. The highest BCUT2D eigenvalue weighted by atomic mass is 16.1. The Morgan fingerprint density at radius 1 is 1.38 bits per heavy atom. The molecule has 0 fully saturated rings. The van der Waals surface area contributed by atoms with Gasteiger partial charge in [0.15, 0.2) is 0 Å². The number of amides is 1. The fraction of sp³-hybridized carbons (Fsp3) is 0.231. The third-order valence-electron chi connectivity index (χ3n) is 4.77. The van der Waals surface area contributed by atoms with Crippen LogP contribution in [0.15, 0.2) is 77.2 Å². The van der Waals surface area contributed by atoms with Crippen molar-refractivity contribution in [2.45, 2.75) is 33.7 Å². The average Bonchev–Trinajstić information content (AvgIpc) is 3.17. The maximum absolute atomic E-state index is 12.7. The first-order valence-corrected chi connectivity index (χ1v) is 10.3. The van der Waals surface area contributed by atoms with Crippen molar-refractivity contribution in [2.75, 3.05) is 5.32 Å². The molecule has 0 aliphatic carbocycles. The molecule has 0 saturated carbocycles. The number of benzene rings is 1. The van der Waals surface area contributed by atoms with Crippen molar-refractivity contribution < 1.29 is 9.07 Å². The maximum Gasteiger partial charge on any atom is 0.391 e. The first kappa shape index (κ1) is 24.2. The largest absolute Gasteiger partial charge is 0.391 e. The van der Waals surface area contributed by atoms with E-state index in [0.29, 0.717) is 11.3 Å². The molecule has 32 heavy (non-hydrogen) atoms. The standard InChI is InChI=1S/C26H29N5O.3H2/c1-8-21(17(2)3)15-24(27-7)26(32)31-23-11-9-10-22(14-23)20(6)30-19(5)16-29-25-18(4)12-13-28-25;;;/h1,9-17,20,31-32H,4,7H2,2-3,5-6H3;3*1H/p+1/b21-15+;;;/t20-;;;/m0.../s1. The summed E-state index contributed by atoms with van der Waals surface area (Å²) < 4.78 is 3.84. The molecule has 0 radical (unpaired) electrons. The van der Waals surface area contributed by atoms with Crippen LogP contribution in [0, 0.1) is 18.3 Å². The quantitative estimate of drug-likeness (QED) is 0.323. The number of hydrogen-bond acceptors (Lipinski definition) is 3. The molecule has 6 nitrogen and oxygen atoms in total. The highest BCUT2D eigenvalue weighted by Gasteiger charge is 2.20. The number of carbonyl (C=O) groups is 1. The third-order valence-corrected chi connectivity index (χ3v) is 4.77. The van der Waals surface area contributed by atoms with Crippen LogP contribution < -0.4 is 20.6 Å². The van der Waals surface area contributed by atoms with Gasteiger partial charge in [-0.15, -0.1) is 6.42 Å². The van der Waals surface area contributed by atoms with Gasteiger partial charge in [0.1, 0.15) is 5.84 Å². The average molecular weight is 435 g/mol. The van der Waals surface area contributed by atoms with Gasteiger partial charge < -0.3 is 16.0 Å². The second kappa shape index (κ2) is 11.4. The Labute approximate surface area is 194 Å². The van der Waals surface area contributed by atoms with E-state index in [1.165, 1.54) is 0 Å². The number of anilines is 1. The van der Waals surface area contributed by atoms with Gasteiger partial charge in [-0.3, -0.25) is 4.79 Å². The van der Waals surface area contributed by atoms with E-state index in [9.17, 15) is 4.79 Å². The molecule has 0 saturated heterocycles. The van der Waals surface area contributed by atoms with Gasteiger partial charge in [0.05, 0.1) is 0 Å². The smallest absolute Gasteiger partial charge is 0.381 e. The van der Waals surface area contributed by atoms with Crippen LogP contribution in [0.5, 0.6) is 0 Å². The fourth-order valence-electron chi connectivity index (χ4n) is 2.92. The summed E-state index contributed by atoms with van der Waals surface area (Å²) >= 11 is 0. The molecule has 1 aromatic carbocycles. The number of nitrogens with one attached hydrogen (secondary N) is 3. The summed E-state index contributed by atoms with van der Waals surface area (Å²) in [6.07, 6.45) is 12.6. The van der Waals surface area contributed by atoms with Gasteiger partial charge in [-0.05, 0) is 43.5 Å². The summed E-state index contributed by atoms with van der Waals surface area (Å²) in [5.41, 5.74) is 4.26. The van der Waals surface area contributed by atoms with Crippen LogP contribution in [0.3, 0.4) is 0 Å². The van der Waals surface area contributed by atoms with Crippen LogP contribution in [0.25, 0.3) is 0 Å². The zero-order valence-corrected chi connectivity index (χ0v) is 19.1. The van der Waals surface area contributed by atoms with Gasteiger partial charge in [-0.1, -0.05) is 43.1 Å². The minimum atomic E-state index is -0.365. The van der Waals surface area contributed by atoms with Crippen molar-refractivity contribution in [3.8, 4) is 12.3 Å². The van der Waals surface area contributed by atoms with Gasteiger partial charge in [0, 0.05) is 51.3 Å². The number of hydrogen-bond donors (Lipinski definition) is 3. The molecular formula is C26H36N5O+. The summed E-state index contributed by atoms with van der Waals surface area (Å²) in [5.74, 6) is 3.07. The van der Waals surface area contributed by atoms with Crippen molar-refractivity contribution in [1.82, 2.24) is 15.3 Å². The van der Waals surface area contributed by atoms with Crippen molar-refractivity contribution in [2.24, 2.45) is 10.9 Å². The molecule has 1 aliphatic heterocycles. The van der Waals surface area contributed by atoms with E-state index in [0.717, 1.165) is 22.7 Å². The zero-order valence-electron chi connectivity index (χ0n) is 19.1. The lowest BCUT2D eigenvalue weighted by Gasteiger charge is -2.16. The van der Waals surface area contributed by atoms with E-state index >= 15 is 0 Å². The fourth-order valence-corrected chi connectivity index (χ4v) is 2.92. The summed E-state index contributed by atoms with van der Waals surface area (Å²) in [6, 6.07) is 7.60. The monoisotopic (exact) mass is 434 g/mol. The van der Waals surface area contributed by atoms with Gasteiger partial charge in [-0.25, -0.2) is 4.99 Å². The zero-order chi connectivity index (χ0) is 23.7. The minimum absolute atomic E-state index is 0. The van der Waals surface area contributed by atoms with Gasteiger partial charge in [-0.2, -0.15) is 0 Å². The second-order valence-electron chi connectivity index (χ2n) is 7.68. The van der Waals surface area contributed by atoms with E-state index in [1.807, 2.05) is 58.0 Å². The molecule has 1 heterocycles. The molecule has 0 spiro atoms. The van der Waals surface area contributed by atoms with E-state index in [-0.39, 0.29) is 27.9 Å². The maximum atomic E-state index is 12.7. The number of carbonyl (C=O) groups excluding carboxylic acids is 1. The first-order chi connectivity index (χ1) is 15.2. The number of terminal acetylenes is 1. The molecule has 6 heteroatoms. The van der Waals surface area contributed by atoms with E-state index in [1.54, 1.807) is 18.5 Å². The second-order valence-corrected chi connectivity index (χ2v) is 7.68. The molecule has 0 aromatic heterocycles. The topological polar surface area (TPSA) is 79.6 Å². The molecule has 2 rings (SSSR count). The lowest BCUT2D eigenvalue weighted by Crippen LogP contribution is -2.24. The van der Waals surface area contributed by atoms with E-state index in [2.05, 4.69) is 44.8 Å². The summed E-state index contributed by atoms with van der Waals surface area (Å²) in [5, 5.41) is 9.29. The number of rotatable bonds is 8. The molecule has 0 unspecified atom stereocenters. The lowest BCUT2D eigenvalue weighted by molar-refractivity contribution is -0.110. The van der Waals surface area contributed by atoms with Gasteiger partial charge >= 0.3 is 11.6 Å². The molecule has 1 amide bonds. The summed E-state index contributed by atoms with van der Waals surface area (Å²) in [7, 11) is 0. The van der Waals surface area contributed by atoms with Crippen molar-refractivity contribution >= 4 is 29.9 Å². The minimum Gasteiger partial charge on any atom is -0.381 e. The Morgan fingerprint density at radius 3 is 2.72 bits per heavy atom. The normalized spacial score (nSPS) is 15.8. The molecule has 1 aliphatic rings. The van der Waals surface area contributed by atoms with Gasteiger partial charge in [0.2, 0.25) is 0 Å². The predicted molar refractivity (Wildman–Crippen MR) is 142 cm³/mol. The van der Waals surface area contributed by atoms with Crippen LogP contribution in [0.2, 0.25) is 0 Å². The Balaban J connectivity index is 0. The van der Waals surface area contributed by atoms with Crippen LogP contribution in [-0.2, 0) is 4.79 Å². The number of amidine groups is 1. The number of allylic oxidation sites excluding steroid dienone is 2. The molecule has 1 aromatic rings. The molecular weight excluding hydrogens is 398 g/mol. The highest BCUT2D eigenvalue weighted by Crippen LogP contribution is 2.19. The third kappa shape index (κ3) is 6.73. The van der Waals surface area contributed by atoms with E-state index in [4.69, 9.17) is 6.42 Å². The molecule has 170 valence electrons. The molecule has 1 atom stereocenters. The van der Waals surface area contributed by atoms with E-state index < -0.39 is 0 Å². The van der Waals surface area contributed by atoms with Gasteiger partial charge in [0.25, 0.3) is 6.72 Å². The van der Waals surface area contributed by atoms with Crippen LogP contribution in [-0.4, -0.2) is 24.2 Å². The first-order valence-electron chi connectivity index (χ1n) is 10.3. The van der Waals surface area contributed by atoms with Crippen LogP contribution in [0.1, 0.15) is 43.6 Å². The van der Waals surface area contributed by atoms with Crippen molar-refractivity contribution in [3.63, 3.8) is 0 Å². The summed E-state index contributed by atoms with van der Waals surface area (Å²) in [4.78, 5) is 17.1. The lowest BCUT2D eigenvalue weighted by atomic mass is 10.0. The Bertz CT molecular complexity index is 1120. The summed E-state index contributed by atoms with van der Waals surface area (Å²) in [6.45, 7) is 15.3. The SMILES string of the molecule is C#C/C(=C\C(=[N+]=C)C(=O)Nc1cccc([C@H](C)N/C(C)=C/N=C2NC=CC2=C)c1)C(C)C.[HH].[HH].[HH]. The Hall–Kier alpha value is -4.07. The van der Waals surface area contributed by atoms with Crippen LogP contribution >= 0.6 is 0 Å². The van der Waals surface area contributed by atoms with Crippen molar-refractivity contribution in [3.05, 3.63) is 77.8 Å². The predicted octanol–water partition coefficient (Wildman–Crippen LogP) is 4.37. The highest BCUT2D eigenvalue weighted by molar-refractivity contribution is 6.47. The Morgan fingerprint density at radius 2 is 2.12 bits per heavy atom. The Kier molecular flexibility index (Phi) is 8.59.